The van der Waals surface area contributed by atoms with Gasteiger partial charge in [-0.1, -0.05) is 0 Å². The third-order valence-corrected chi connectivity index (χ3v) is 2.88. The fourth-order valence-electron chi connectivity index (χ4n) is 1.81. The van der Waals surface area contributed by atoms with Crippen molar-refractivity contribution in [2.45, 2.75) is 26.2 Å². The third-order valence-electron chi connectivity index (χ3n) is 2.88. The Balaban J connectivity index is 2.49. The maximum Gasteiger partial charge on any atom is 0.309 e. The molecule has 0 saturated carbocycles. The molecule has 0 bridgehead atoms. The van der Waals surface area contributed by atoms with E-state index in [0.717, 1.165) is 0 Å². The van der Waals surface area contributed by atoms with Gasteiger partial charge in [0.25, 0.3) is 0 Å². The second kappa shape index (κ2) is 5.11. The smallest absolute Gasteiger partial charge is 0.309 e. The van der Waals surface area contributed by atoms with Crippen LogP contribution in [0, 0.1) is 5.41 Å². The second-order valence-corrected chi connectivity index (χ2v) is 3.93. The Kier molecular flexibility index (Phi) is 4.08. The quantitative estimate of drug-likeness (QED) is 0.711. The van der Waals surface area contributed by atoms with E-state index in [-0.39, 0.29) is 5.91 Å². The molecule has 15 heavy (non-hydrogen) atoms. The first kappa shape index (κ1) is 12.0. The fourth-order valence-corrected chi connectivity index (χ4v) is 1.81. The first-order valence-corrected chi connectivity index (χ1v) is 5.12. The molecule has 0 aromatic heterocycles. The lowest BCUT2D eigenvalue weighted by atomic mass is 9.77. The Bertz CT molecular complexity index is 246. The first-order valence-electron chi connectivity index (χ1n) is 5.12. The summed E-state index contributed by atoms with van der Waals surface area (Å²) in [7, 11) is 0. The highest BCUT2D eigenvalue weighted by atomic mass is 16.5. The van der Waals surface area contributed by atoms with Gasteiger partial charge in [-0.3, -0.25) is 9.59 Å². The number of hydrogen-bond donors (Lipinski definition) is 2. The zero-order chi connectivity index (χ0) is 11.3. The van der Waals surface area contributed by atoms with Crippen LogP contribution in [0.25, 0.3) is 0 Å². The average molecular weight is 215 g/mol. The molecular weight excluding hydrogens is 198 g/mol. The molecule has 0 aromatic carbocycles. The predicted molar refractivity (Wildman–Crippen MR) is 53.4 cm³/mol. The minimum absolute atomic E-state index is 0.123. The van der Waals surface area contributed by atoms with E-state index in [1.165, 1.54) is 6.92 Å². The standard InChI is InChI=1S/C10H17NO4/c1-8(12)11-5-2-10(9(13)14)3-6-15-7-4-10/h2-7H2,1H3,(H,11,12)(H,13,14). The molecular formula is C10H17NO4. The van der Waals surface area contributed by atoms with Crippen LogP contribution in [0.5, 0.6) is 0 Å². The zero-order valence-corrected chi connectivity index (χ0v) is 8.91. The van der Waals surface area contributed by atoms with Crippen LogP contribution >= 0.6 is 0 Å². The van der Waals surface area contributed by atoms with Crippen LogP contribution in [0.2, 0.25) is 0 Å². The minimum Gasteiger partial charge on any atom is -0.481 e. The molecule has 0 aromatic rings. The summed E-state index contributed by atoms with van der Waals surface area (Å²) >= 11 is 0. The largest absolute Gasteiger partial charge is 0.481 e. The Morgan fingerprint density at radius 3 is 2.47 bits per heavy atom. The van der Waals surface area contributed by atoms with E-state index in [2.05, 4.69) is 5.32 Å². The van der Waals surface area contributed by atoms with Crippen molar-refractivity contribution in [3.63, 3.8) is 0 Å². The molecule has 0 atom stereocenters. The van der Waals surface area contributed by atoms with E-state index >= 15 is 0 Å². The summed E-state index contributed by atoms with van der Waals surface area (Å²) in [6.45, 7) is 2.83. The monoisotopic (exact) mass is 215 g/mol. The molecule has 1 fully saturated rings. The van der Waals surface area contributed by atoms with Gasteiger partial charge in [0.1, 0.15) is 0 Å². The molecule has 1 aliphatic heterocycles. The molecule has 1 amide bonds. The minimum atomic E-state index is -0.781. The van der Waals surface area contributed by atoms with Crippen LogP contribution in [0.3, 0.4) is 0 Å². The number of amides is 1. The van der Waals surface area contributed by atoms with Crippen LogP contribution in [0.4, 0.5) is 0 Å². The Labute approximate surface area is 88.8 Å². The summed E-state index contributed by atoms with van der Waals surface area (Å²) in [5, 5.41) is 11.8. The number of rotatable bonds is 4. The summed E-state index contributed by atoms with van der Waals surface area (Å²) < 4.78 is 5.15. The lowest BCUT2D eigenvalue weighted by Gasteiger charge is -2.33. The van der Waals surface area contributed by atoms with Gasteiger partial charge in [0.2, 0.25) is 5.91 Å². The number of ether oxygens (including phenoxy) is 1. The first-order chi connectivity index (χ1) is 7.07. The Morgan fingerprint density at radius 2 is 2.00 bits per heavy atom. The SMILES string of the molecule is CC(=O)NCCC1(C(=O)O)CCOCC1. The van der Waals surface area contributed by atoms with Gasteiger partial charge >= 0.3 is 5.97 Å². The van der Waals surface area contributed by atoms with Crippen molar-refractivity contribution in [1.82, 2.24) is 5.32 Å². The van der Waals surface area contributed by atoms with Crippen molar-refractivity contribution in [2.24, 2.45) is 5.41 Å². The van der Waals surface area contributed by atoms with Crippen LogP contribution in [0.15, 0.2) is 0 Å². The highest BCUT2D eigenvalue weighted by molar-refractivity contribution is 5.75. The van der Waals surface area contributed by atoms with E-state index in [0.29, 0.717) is 39.0 Å². The van der Waals surface area contributed by atoms with E-state index < -0.39 is 11.4 Å². The van der Waals surface area contributed by atoms with Gasteiger partial charge in [0.05, 0.1) is 5.41 Å². The van der Waals surface area contributed by atoms with E-state index in [4.69, 9.17) is 4.74 Å². The summed E-state index contributed by atoms with van der Waals surface area (Å²) in [6.07, 6.45) is 1.54. The molecule has 1 heterocycles. The van der Waals surface area contributed by atoms with Gasteiger partial charge in [0.15, 0.2) is 0 Å². The number of carboxylic acids is 1. The van der Waals surface area contributed by atoms with Crippen molar-refractivity contribution in [1.29, 1.82) is 0 Å². The highest BCUT2D eigenvalue weighted by Crippen LogP contribution is 2.34. The van der Waals surface area contributed by atoms with Crippen molar-refractivity contribution < 1.29 is 19.4 Å². The lowest BCUT2D eigenvalue weighted by Crippen LogP contribution is -2.40. The normalized spacial score (nSPS) is 19.5. The molecule has 2 N–H and O–H groups in total. The fraction of sp³-hybridized carbons (Fsp3) is 0.800. The molecule has 86 valence electrons. The summed E-state index contributed by atoms with van der Waals surface area (Å²) in [5.41, 5.74) is -0.708. The number of aliphatic carboxylic acids is 1. The average Bonchev–Trinajstić information content (AvgIpc) is 2.18. The third kappa shape index (κ3) is 3.20. The van der Waals surface area contributed by atoms with Crippen molar-refractivity contribution in [3.8, 4) is 0 Å². The van der Waals surface area contributed by atoms with Gasteiger partial charge < -0.3 is 15.2 Å². The maximum atomic E-state index is 11.2. The van der Waals surface area contributed by atoms with Crippen LogP contribution in [-0.2, 0) is 14.3 Å². The molecule has 0 spiro atoms. The molecule has 0 unspecified atom stereocenters. The summed E-state index contributed by atoms with van der Waals surface area (Å²) in [4.78, 5) is 21.9. The van der Waals surface area contributed by atoms with E-state index in [1.54, 1.807) is 0 Å². The second-order valence-electron chi connectivity index (χ2n) is 3.93. The van der Waals surface area contributed by atoms with Crippen molar-refractivity contribution in [2.75, 3.05) is 19.8 Å². The number of carboxylic acid groups (broad SMARTS) is 1. The van der Waals surface area contributed by atoms with Gasteiger partial charge in [-0.25, -0.2) is 0 Å². The molecule has 0 radical (unpaired) electrons. The number of nitrogens with one attached hydrogen (secondary N) is 1. The molecule has 1 rings (SSSR count). The number of carbonyl (C=O) groups excluding carboxylic acids is 1. The van der Waals surface area contributed by atoms with Gasteiger partial charge in [-0.15, -0.1) is 0 Å². The topological polar surface area (TPSA) is 75.6 Å². The van der Waals surface area contributed by atoms with Crippen molar-refractivity contribution in [3.05, 3.63) is 0 Å². The van der Waals surface area contributed by atoms with Gasteiger partial charge in [-0.2, -0.15) is 0 Å². The van der Waals surface area contributed by atoms with Gasteiger partial charge in [0, 0.05) is 26.7 Å². The zero-order valence-electron chi connectivity index (χ0n) is 8.91. The van der Waals surface area contributed by atoms with Crippen molar-refractivity contribution >= 4 is 11.9 Å². The maximum absolute atomic E-state index is 11.2. The predicted octanol–water partition coefficient (Wildman–Crippen LogP) is 0.394. The number of hydrogen-bond acceptors (Lipinski definition) is 3. The Hall–Kier alpha value is -1.10. The summed E-state index contributed by atoms with van der Waals surface area (Å²) in [5.74, 6) is -0.904. The van der Waals surface area contributed by atoms with Crippen LogP contribution in [-0.4, -0.2) is 36.7 Å². The number of carbonyl (C=O) groups is 2. The molecule has 1 aliphatic rings. The van der Waals surface area contributed by atoms with Gasteiger partial charge in [-0.05, 0) is 19.3 Å². The molecule has 5 nitrogen and oxygen atoms in total. The molecule has 1 saturated heterocycles. The molecule has 0 aliphatic carbocycles. The van der Waals surface area contributed by atoms with Crippen LogP contribution < -0.4 is 5.32 Å². The summed E-state index contributed by atoms with van der Waals surface area (Å²) in [6, 6.07) is 0. The Morgan fingerprint density at radius 1 is 1.40 bits per heavy atom. The molecule has 5 heteroatoms. The lowest BCUT2D eigenvalue weighted by molar-refractivity contribution is -0.155. The van der Waals surface area contributed by atoms with E-state index in [9.17, 15) is 14.7 Å². The highest BCUT2D eigenvalue weighted by Gasteiger charge is 2.39. The van der Waals surface area contributed by atoms with E-state index in [1.807, 2.05) is 0 Å². The van der Waals surface area contributed by atoms with Crippen LogP contribution in [0.1, 0.15) is 26.2 Å².